The third kappa shape index (κ3) is 17.9. The summed E-state index contributed by atoms with van der Waals surface area (Å²) in [6, 6.07) is -7.45. The van der Waals surface area contributed by atoms with Gasteiger partial charge in [0.25, 0.3) is 0 Å². The fraction of sp³-hybridized carbons (Fsp3) is 0.733. The van der Waals surface area contributed by atoms with Crippen molar-refractivity contribution in [2.45, 2.75) is 109 Å². The number of aliphatic imine (C=N–C) groups is 2. The number of aliphatic carboxylic acids is 1. The van der Waals surface area contributed by atoms with Gasteiger partial charge in [0.1, 0.15) is 36.3 Å². The van der Waals surface area contributed by atoms with Gasteiger partial charge in [0.2, 0.25) is 29.5 Å². The van der Waals surface area contributed by atoms with Gasteiger partial charge in [0, 0.05) is 18.8 Å². The molecule has 0 fully saturated rings. The SMILES string of the molecule is CC[C@H](C)[C@H](NC(=O)[C@@H](NC(=O)[C@@H](N)[C@@H](C)O)C(C)C)C(=O)N[C@@H](CCCN=C(N)N)C(=O)N[C@@H](CS)C(=O)N[C@@H](CCCN=C(N)N)C(=O)O. The molecule has 8 atom stereocenters. The number of carbonyl (C=O) groups is 6. The second kappa shape index (κ2) is 23.9. The number of nitrogens with two attached hydrogens (primary N) is 5. The van der Waals surface area contributed by atoms with Crippen LogP contribution in [0.25, 0.3) is 0 Å². The molecule has 21 heteroatoms. The fourth-order valence-electron chi connectivity index (χ4n) is 4.48. The topological polar surface area (TPSA) is 358 Å². The quantitative estimate of drug-likeness (QED) is 0.0194. The predicted octanol–water partition coefficient (Wildman–Crippen LogP) is -4.06. The summed E-state index contributed by atoms with van der Waals surface area (Å²) in [7, 11) is 0. The summed E-state index contributed by atoms with van der Waals surface area (Å²) in [4.78, 5) is 85.7. The van der Waals surface area contributed by atoms with E-state index < -0.39 is 89.7 Å². The lowest BCUT2D eigenvalue weighted by atomic mass is 9.95. The maximum atomic E-state index is 13.7. The van der Waals surface area contributed by atoms with Gasteiger partial charge in [0.15, 0.2) is 11.9 Å². The van der Waals surface area contributed by atoms with Crippen LogP contribution in [0.5, 0.6) is 0 Å². The minimum absolute atomic E-state index is 0.000881. The van der Waals surface area contributed by atoms with Crippen molar-refractivity contribution in [1.82, 2.24) is 26.6 Å². The molecule has 5 amide bonds. The van der Waals surface area contributed by atoms with Gasteiger partial charge >= 0.3 is 5.97 Å². The summed E-state index contributed by atoms with van der Waals surface area (Å²) >= 11 is 4.15. The number of rotatable bonds is 24. The van der Waals surface area contributed by atoms with Crippen molar-refractivity contribution in [3.05, 3.63) is 0 Å². The molecule has 0 spiro atoms. The standard InChI is InChI=1S/C30H58N12O8S/c1-6-15(4)22(42-26(47)21(14(2)3)41-25(46)20(31)16(5)43)27(48)38-17(9-7-11-36-29(32)33)23(44)40-19(13-51)24(45)39-18(28(49)50)10-8-12-37-30(34)35/h14-22,43,51H,6-13,31H2,1-5H3,(H,38,48)(H,39,45)(H,40,44)(H,41,46)(H,42,47)(H,49,50)(H4,32,33,36)(H4,34,35,37)/t15-,16+,17-,18-,19-,20-,21-,22-/m0/s1. The van der Waals surface area contributed by atoms with E-state index in [-0.39, 0.29) is 56.4 Å². The first-order valence-corrected chi connectivity index (χ1v) is 17.3. The number of nitrogens with one attached hydrogen (secondary N) is 5. The van der Waals surface area contributed by atoms with E-state index in [2.05, 4.69) is 49.2 Å². The molecular weight excluding hydrogens is 688 g/mol. The zero-order valence-corrected chi connectivity index (χ0v) is 30.8. The lowest BCUT2D eigenvalue weighted by molar-refractivity contribution is -0.142. The number of carboxylic acid groups (broad SMARTS) is 1. The Labute approximate surface area is 303 Å². The van der Waals surface area contributed by atoms with Crippen molar-refractivity contribution < 1.29 is 39.0 Å². The van der Waals surface area contributed by atoms with Crippen molar-refractivity contribution in [3.63, 3.8) is 0 Å². The van der Waals surface area contributed by atoms with E-state index in [1.807, 2.05) is 0 Å². The van der Waals surface area contributed by atoms with Gasteiger partial charge in [-0.25, -0.2) is 4.79 Å². The van der Waals surface area contributed by atoms with Crippen LogP contribution >= 0.6 is 12.6 Å². The molecule has 0 unspecified atom stereocenters. The van der Waals surface area contributed by atoms with Crippen LogP contribution in [0.1, 0.15) is 66.7 Å². The molecule has 0 aliphatic carbocycles. The lowest BCUT2D eigenvalue weighted by Crippen LogP contribution is -2.61. The number of amides is 5. The second-order valence-corrected chi connectivity index (χ2v) is 12.8. The third-order valence-corrected chi connectivity index (χ3v) is 8.18. The maximum absolute atomic E-state index is 13.7. The third-order valence-electron chi connectivity index (χ3n) is 7.82. The largest absolute Gasteiger partial charge is 0.480 e. The molecule has 0 aliphatic heterocycles. The van der Waals surface area contributed by atoms with Gasteiger partial charge in [-0.1, -0.05) is 34.1 Å². The molecule has 0 bridgehead atoms. The summed E-state index contributed by atoms with van der Waals surface area (Å²) in [6.45, 7) is 8.43. The van der Waals surface area contributed by atoms with E-state index in [1.165, 1.54) is 6.92 Å². The molecule has 17 N–H and O–H groups in total. The monoisotopic (exact) mass is 746 g/mol. The van der Waals surface area contributed by atoms with E-state index in [4.69, 9.17) is 28.7 Å². The minimum Gasteiger partial charge on any atom is -0.480 e. The van der Waals surface area contributed by atoms with E-state index in [1.54, 1.807) is 27.7 Å². The van der Waals surface area contributed by atoms with Gasteiger partial charge in [-0.3, -0.25) is 34.0 Å². The van der Waals surface area contributed by atoms with Crippen molar-refractivity contribution in [2.75, 3.05) is 18.8 Å². The van der Waals surface area contributed by atoms with Crippen molar-refractivity contribution in [2.24, 2.45) is 50.5 Å². The Kier molecular flexibility index (Phi) is 21.9. The highest BCUT2D eigenvalue weighted by Crippen LogP contribution is 2.12. The molecule has 0 aromatic rings. The number of carbonyl (C=O) groups excluding carboxylic acids is 5. The van der Waals surface area contributed by atoms with Crippen LogP contribution in [0.2, 0.25) is 0 Å². The van der Waals surface area contributed by atoms with Crippen LogP contribution in [0.4, 0.5) is 0 Å². The van der Waals surface area contributed by atoms with Gasteiger partial charge in [-0.15, -0.1) is 0 Å². The summed E-state index contributed by atoms with van der Waals surface area (Å²) in [5, 5.41) is 32.0. The first kappa shape index (κ1) is 46.6. The van der Waals surface area contributed by atoms with E-state index in [9.17, 15) is 39.0 Å². The summed E-state index contributed by atoms with van der Waals surface area (Å²) in [6.07, 6.45) is -0.291. The minimum atomic E-state index is -1.32. The molecule has 0 aromatic heterocycles. The average molecular weight is 747 g/mol. The highest BCUT2D eigenvalue weighted by molar-refractivity contribution is 7.80. The molecule has 0 saturated heterocycles. The number of carboxylic acids is 1. The molecule has 292 valence electrons. The second-order valence-electron chi connectivity index (χ2n) is 12.5. The fourth-order valence-corrected chi connectivity index (χ4v) is 4.74. The molecule has 0 saturated carbocycles. The number of hydrogen-bond donors (Lipinski definition) is 13. The first-order chi connectivity index (χ1) is 23.8. The Morgan fingerprint density at radius 3 is 1.53 bits per heavy atom. The van der Waals surface area contributed by atoms with Crippen molar-refractivity contribution in [3.8, 4) is 0 Å². The predicted molar refractivity (Wildman–Crippen MR) is 195 cm³/mol. The number of guanidine groups is 2. The normalized spacial score (nSPS) is 15.7. The van der Waals surface area contributed by atoms with Crippen LogP contribution in [0.15, 0.2) is 9.98 Å². The smallest absolute Gasteiger partial charge is 0.326 e. The zero-order valence-electron chi connectivity index (χ0n) is 29.9. The maximum Gasteiger partial charge on any atom is 0.326 e. The van der Waals surface area contributed by atoms with Crippen LogP contribution in [0.3, 0.4) is 0 Å². The molecule has 0 aliphatic rings. The van der Waals surface area contributed by atoms with Crippen LogP contribution < -0.4 is 55.3 Å². The van der Waals surface area contributed by atoms with Gasteiger partial charge < -0.3 is 65.5 Å². The van der Waals surface area contributed by atoms with Gasteiger partial charge in [0.05, 0.1) is 6.10 Å². The molecule has 0 aromatic carbocycles. The van der Waals surface area contributed by atoms with Crippen LogP contribution in [-0.4, -0.2) is 119 Å². The Morgan fingerprint density at radius 2 is 1.10 bits per heavy atom. The van der Waals surface area contributed by atoms with E-state index in [0.717, 1.165) is 0 Å². The van der Waals surface area contributed by atoms with Crippen LogP contribution in [-0.2, 0) is 28.8 Å². The number of aliphatic hydroxyl groups excluding tert-OH is 1. The van der Waals surface area contributed by atoms with Crippen LogP contribution in [0, 0.1) is 11.8 Å². The summed E-state index contributed by atoms with van der Waals surface area (Å²) in [5.41, 5.74) is 27.1. The highest BCUT2D eigenvalue weighted by Gasteiger charge is 2.35. The number of thiol groups is 1. The molecule has 0 heterocycles. The van der Waals surface area contributed by atoms with Crippen molar-refractivity contribution in [1.29, 1.82) is 0 Å². The Balaban J connectivity index is 6.10. The Morgan fingerprint density at radius 1 is 0.667 bits per heavy atom. The molecule has 51 heavy (non-hydrogen) atoms. The van der Waals surface area contributed by atoms with Crippen molar-refractivity contribution >= 4 is 60.1 Å². The molecule has 0 rings (SSSR count). The number of nitrogens with zero attached hydrogens (tertiary/aromatic N) is 2. The molecule has 20 nitrogen and oxygen atoms in total. The summed E-state index contributed by atoms with van der Waals surface area (Å²) < 4.78 is 0. The Hall–Kier alpha value is -4.37. The Bertz CT molecular complexity index is 1230. The van der Waals surface area contributed by atoms with Gasteiger partial charge in [-0.2, -0.15) is 12.6 Å². The van der Waals surface area contributed by atoms with E-state index in [0.29, 0.717) is 6.42 Å². The average Bonchev–Trinajstić information content (AvgIpc) is 3.05. The summed E-state index contributed by atoms with van der Waals surface area (Å²) in [5.74, 6) is -6.57. The zero-order chi connectivity index (χ0) is 39.4. The lowest BCUT2D eigenvalue weighted by Gasteiger charge is -2.30. The molecular formula is C30H58N12O8S. The van der Waals surface area contributed by atoms with Gasteiger partial charge in [-0.05, 0) is 44.4 Å². The molecule has 0 radical (unpaired) electrons. The first-order valence-electron chi connectivity index (χ1n) is 16.7. The van der Waals surface area contributed by atoms with E-state index >= 15 is 0 Å². The number of aliphatic hydroxyl groups is 1. The highest BCUT2D eigenvalue weighted by atomic mass is 32.1. The number of hydrogen-bond acceptors (Lipinski definition) is 11.